The number of amides is 1. The second-order valence-electron chi connectivity index (χ2n) is 6.52. The Hall–Kier alpha value is -1.84. The van der Waals surface area contributed by atoms with Crippen molar-refractivity contribution in [2.45, 2.75) is 11.8 Å². The molecular weight excluding hydrogens is 437 g/mol. The highest BCUT2D eigenvalue weighted by Crippen LogP contribution is 2.26. The van der Waals surface area contributed by atoms with Gasteiger partial charge < -0.3 is 15.4 Å². The molecule has 156 valence electrons. The van der Waals surface area contributed by atoms with Crippen molar-refractivity contribution in [1.29, 1.82) is 0 Å². The van der Waals surface area contributed by atoms with Crippen LogP contribution in [0.25, 0.3) is 0 Å². The Morgan fingerprint density at radius 3 is 2.52 bits per heavy atom. The van der Waals surface area contributed by atoms with Crippen LogP contribution < -0.4 is 10.6 Å². The van der Waals surface area contributed by atoms with Gasteiger partial charge in [-0.1, -0.05) is 29.3 Å². The van der Waals surface area contributed by atoms with E-state index in [1.165, 1.54) is 10.4 Å². The monoisotopic (exact) mass is 457 g/mol. The molecule has 1 fully saturated rings. The van der Waals surface area contributed by atoms with Crippen LogP contribution in [0.2, 0.25) is 10.0 Å². The van der Waals surface area contributed by atoms with Gasteiger partial charge in [0.25, 0.3) is 0 Å². The maximum absolute atomic E-state index is 12.8. The highest BCUT2D eigenvalue weighted by Gasteiger charge is 2.26. The highest BCUT2D eigenvalue weighted by molar-refractivity contribution is 7.89. The minimum absolute atomic E-state index is 0.0404. The van der Waals surface area contributed by atoms with Gasteiger partial charge in [-0.2, -0.15) is 4.31 Å². The third-order valence-corrected chi connectivity index (χ3v) is 6.90. The predicted molar refractivity (Wildman–Crippen MR) is 114 cm³/mol. The number of sulfonamides is 1. The fourth-order valence-corrected chi connectivity index (χ4v) is 4.75. The molecule has 1 amide bonds. The summed E-state index contributed by atoms with van der Waals surface area (Å²) in [5.74, 6) is -0.333. The van der Waals surface area contributed by atoms with Crippen LogP contribution in [-0.4, -0.2) is 51.5 Å². The lowest BCUT2D eigenvalue weighted by molar-refractivity contribution is -0.114. The fourth-order valence-electron chi connectivity index (χ4n) is 2.84. The van der Waals surface area contributed by atoms with Crippen LogP contribution in [0.5, 0.6) is 0 Å². The minimum atomic E-state index is -3.65. The Bertz CT molecular complexity index is 1010. The van der Waals surface area contributed by atoms with E-state index in [2.05, 4.69) is 10.6 Å². The highest BCUT2D eigenvalue weighted by atomic mass is 35.5. The van der Waals surface area contributed by atoms with E-state index in [4.69, 9.17) is 27.9 Å². The Labute approximate surface area is 180 Å². The molecule has 0 bridgehead atoms. The summed E-state index contributed by atoms with van der Waals surface area (Å²) in [5.41, 5.74) is 1.77. The van der Waals surface area contributed by atoms with Gasteiger partial charge in [-0.05, 0) is 42.8 Å². The quantitative estimate of drug-likeness (QED) is 0.693. The molecule has 2 aromatic rings. The Balaban J connectivity index is 1.70. The molecule has 0 radical (unpaired) electrons. The first-order valence-corrected chi connectivity index (χ1v) is 11.1. The van der Waals surface area contributed by atoms with Crippen LogP contribution in [0, 0.1) is 6.92 Å². The topological polar surface area (TPSA) is 87.7 Å². The number of aryl methyl sites for hydroxylation is 1. The van der Waals surface area contributed by atoms with Crippen molar-refractivity contribution in [3.63, 3.8) is 0 Å². The van der Waals surface area contributed by atoms with Crippen LogP contribution in [0.1, 0.15) is 5.56 Å². The van der Waals surface area contributed by atoms with Crippen LogP contribution in [0.3, 0.4) is 0 Å². The maximum atomic E-state index is 12.8. The summed E-state index contributed by atoms with van der Waals surface area (Å²) in [7, 11) is -3.65. The van der Waals surface area contributed by atoms with E-state index < -0.39 is 10.0 Å². The molecule has 0 atom stereocenters. The molecule has 0 aliphatic carbocycles. The van der Waals surface area contributed by atoms with Crippen molar-refractivity contribution < 1.29 is 17.9 Å². The normalized spacial score (nSPS) is 15.1. The average molecular weight is 458 g/mol. The fraction of sp³-hybridized carbons (Fsp3) is 0.316. The van der Waals surface area contributed by atoms with Gasteiger partial charge in [0.15, 0.2) is 0 Å². The number of anilines is 2. The van der Waals surface area contributed by atoms with Gasteiger partial charge in [0.2, 0.25) is 15.9 Å². The molecule has 1 aliphatic heterocycles. The Morgan fingerprint density at radius 2 is 1.83 bits per heavy atom. The number of rotatable bonds is 6. The van der Waals surface area contributed by atoms with Crippen molar-refractivity contribution in [2.75, 3.05) is 43.5 Å². The minimum Gasteiger partial charge on any atom is -0.379 e. The van der Waals surface area contributed by atoms with Gasteiger partial charge in [0.05, 0.1) is 35.4 Å². The van der Waals surface area contributed by atoms with Crippen molar-refractivity contribution in [2.24, 2.45) is 0 Å². The second-order valence-corrected chi connectivity index (χ2v) is 9.30. The molecule has 0 spiro atoms. The first-order chi connectivity index (χ1) is 13.8. The van der Waals surface area contributed by atoms with E-state index in [9.17, 15) is 13.2 Å². The van der Waals surface area contributed by atoms with Gasteiger partial charge in [0.1, 0.15) is 0 Å². The summed E-state index contributed by atoms with van der Waals surface area (Å²) < 4.78 is 32.3. The molecule has 7 nitrogen and oxygen atoms in total. The van der Waals surface area contributed by atoms with Crippen molar-refractivity contribution in [3.05, 3.63) is 52.0 Å². The number of ether oxygens (including phenoxy) is 1. The van der Waals surface area contributed by atoms with Crippen LogP contribution in [0.4, 0.5) is 11.4 Å². The van der Waals surface area contributed by atoms with Crippen molar-refractivity contribution >= 4 is 50.5 Å². The number of morpholine rings is 1. The van der Waals surface area contributed by atoms with Gasteiger partial charge in [-0.3, -0.25) is 4.79 Å². The third-order valence-electron chi connectivity index (χ3n) is 4.46. The first-order valence-electron chi connectivity index (χ1n) is 8.95. The summed E-state index contributed by atoms with van der Waals surface area (Å²) >= 11 is 11.9. The molecule has 29 heavy (non-hydrogen) atoms. The molecule has 0 saturated carbocycles. The number of halogens is 2. The number of nitrogens with one attached hydrogen (secondary N) is 2. The third kappa shape index (κ3) is 5.40. The van der Waals surface area contributed by atoms with Gasteiger partial charge in [-0.15, -0.1) is 0 Å². The zero-order chi connectivity index (χ0) is 21.0. The molecule has 1 heterocycles. The zero-order valence-corrected chi connectivity index (χ0v) is 18.1. The van der Waals surface area contributed by atoms with E-state index in [1.54, 1.807) is 37.3 Å². The van der Waals surface area contributed by atoms with Gasteiger partial charge in [0, 0.05) is 23.8 Å². The van der Waals surface area contributed by atoms with E-state index in [-0.39, 0.29) is 17.3 Å². The zero-order valence-electron chi connectivity index (χ0n) is 15.7. The van der Waals surface area contributed by atoms with E-state index in [0.717, 1.165) is 5.56 Å². The van der Waals surface area contributed by atoms with Crippen molar-refractivity contribution in [1.82, 2.24) is 4.31 Å². The molecule has 0 unspecified atom stereocenters. The Morgan fingerprint density at radius 1 is 1.10 bits per heavy atom. The number of nitrogens with zero attached hydrogens (tertiary/aromatic N) is 1. The number of carbonyl (C=O) groups excluding carboxylic acids is 1. The average Bonchev–Trinajstić information content (AvgIpc) is 2.69. The number of hydrogen-bond acceptors (Lipinski definition) is 5. The van der Waals surface area contributed by atoms with Crippen molar-refractivity contribution in [3.8, 4) is 0 Å². The summed E-state index contributed by atoms with van der Waals surface area (Å²) in [5, 5.41) is 6.58. The lowest BCUT2D eigenvalue weighted by atomic mass is 10.2. The van der Waals surface area contributed by atoms with Crippen LogP contribution >= 0.6 is 23.2 Å². The largest absolute Gasteiger partial charge is 0.379 e. The Kier molecular flexibility index (Phi) is 7.02. The molecule has 1 aliphatic rings. The SMILES string of the molecule is Cc1ccc(S(=O)(=O)N2CCOCC2)cc1NC(=O)CNc1ccc(Cl)cc1Cl. The summed E-state index contributed by atoms with van der Waals surface area (Å²) in [6, 6.07) is 9.62. The molecule has 2 aromatic carbocycles. The lowest BCUT2D eigenvalue weighted by Crippen LogP contribution is -2.40. The summed E-state index contributed by atoms with van der Waals surface area (Å²) in [6.07, 6.45) is 0. The maximum Gasteiger partial charge on any atom is 0.243 e. The molecular formula is C19H21Cl2N3O4S. The van der Waals surface area contributed by atoms with Crippen LogP contribution in [0.15, 0.2) is 41.3 Å². The number of benzene rings is 2. The summed E-state index contributed by atoms with van der Waals surface area (Å²) in [4.78, 5) is 12.5. The molecule has 2 N–H and O–H groups in total. The lowest BCUT2D eigenvalue weighted by Gasteiger charge is -2.26. The van der Waals surface area contributed by atoms with Gasteiger partial charge >= 0.3 is 0 Å². The second kappa shape index (κ2) is 9.32. The van der Waals surface area contributed by atoms with E-state index in [0.29, 0.717) is 47.7 Å². The molecule has 3 rings (SSSR count). The van der Waals surface area contributed by atoms with E-state index >= 15 is 0 Å². The number of carbonyl (C=O) groups is 1. The predicted octanol–water partition coefficient (Wildman–Crippen LogP) is 3.37. The van der Waals surface area contributed by atoms with Gasteiger partial charge in [-0.25, -0.2) is 8.42 Å². The molecule has 0 aromatic heterocycles. The first kappa shape index (κ1) is 21.9. The van der Waals surface area contributed by atoms with Crippen LogP contribution in [-0.2, 0) is 19.6 Å². The smallest absolute Gasteiger partial charge is 0.243 e. The molecule has 10 heteroatoms. The summed E-state index contributed by atoms with van der Waals surface area (Å²) in [6.45, 7) is 3.11. The number of hydrogen-bond donors (Lipinski definition) is 2. The van der Waals surface area contributed by atoms with E-state index in [1.807, 2.05) is 0 Å². The standard InChI is InChI=1S/C19H21Cl2N3O4S/c1-13-2-4-15(29(26,27)24-6-8-28-9-7-24)11-18(13)23-19(25)12-22-17-5-3-14(20)10-16(17)21/h2-5,10-11,22H,6-9,12H2,1H3,(H,23,25). The molecule has 1 saturated heterocycles.